The van der Waals surface area contributed by atoms with Gasteiger partial charge in [-0.05, 0) is 18.3 Å². The molecular weight excluding hydrogens is 294 g/mol. The minimum atomic E-state index is -0.218. The summed E-state index contributed by atoms with van der Waals surface area (Å²) in [5.74, 6) is 2.89. The van der Waals surface area contributed by atoms with Gasteiger partial charge in [0, 0.05) is 19.4 Å². The third-order valence-electron chi connectivity index (χ3n) is 5.65. The fourth-order valence-corrected chi connectivity index (χ4v) is 4.31. The summed E-state index contributed by atoms with van der Waals surface area (Å²) in [5, 5.41) is 7.99. The first-order valence-electron chi connectivity index (χ1n) is 8.92. The third-order valence-corrected chi connectivity index (χ3v) is 5.65. The van der Waals surface area contributed by atoms with Crippen LogP contribution in [-0.2, 0) is 9.53 Å². The molecule has 3 atom stereocenters. The van der Waals surface area contributed by atoms with Gasteiger partial charge in [-0.2, -0.15) is 0 Å². The van der Waals surface area contributed by atoms with Crippen LogP contribution in [0.2, 0.25) is 0 Å². The molecule has 2 heterocycles. The zero-order valence-electron chi connectivity index (χ0n) is 13.7. The van der Waals surface area contributed by atoms with Crippen molar-refractivity contribution >= 4 is 5.91 Å². The quantitative estimate of drug-likeness (QED) is 0.856. The summed E-state index contributed by atoms with van der Waals surface area (Å²) in [7, 11) is 0. The van der Waals surface area contributed by atoms with Crippen molar-refractivity contribution in [1.29, 1.82) is 0 Å². The number of nitrogens with zero attached hydrogens (tertiary/aromatic N) is 3. The van der Waals surface area contributed by atoms with Crippen LogP contribution in [0, 0.1) is 24.7 Å². The van der Waals surface area contributed by atoms with Crippen molar-refractivity contribution in [1.82, 2.24) is 15.1 Å². The number of hydrogen-bond donors (Lipinski definition) is 0. The highest BCUT2D eigenvalue weighted by Gasteiger charge is 2.50. The molecule has 3 unspecified atom stereocenters. The first kappa shape index (κ1) is 15.1. The second-order valence-electron chi connectivity index (χ2n) is 7.19. The summed E-state index contributed by atoms with van der Waals surface area (Å²) < 4.78 is 11.1. The van der Waals surface area contributed by atoms with E-state index in [0.717, 1.165) is 12.3 Å². The van der Waals surface area contributed by atoms with Crippen molar-refractivity contribution in [3.05, 3.63) is 11.8 Å². The van der Waals surface area contributed by atoms with E-state index in [9.17, 15) is 4.79 Å². The molecule has 0 N–H and O–H groups in total. The number of carbonyl (C=O) groups excluding carboxylic acids is 1. The summed E-state index contributed by atoms with van der Waals surface area (Å²) in [5.41, 5.74) is 0. The van der Waals surface area contributed by atoms with E-state index in [1.807, 2.05) is 4.90 Å². The molecule has 3 fully saturated rings. The third kappa shape index (κ3) is 3.01. The van der Waals surface area contributed by atoms with Gasteiger partial charge in [-0.15, -0.1) is 10.2 Å². The molecular formula is C17H25N3O3. The van der Waals surface area contributed by atoms with E-state index in [1.54, 1.807) is 6.92 Å². The van der Waals surface area contributed by atoms with Crippen LogP contribution in [0.25, 0.3) is 0 Å². The molecule has 3 aliphatic rings. The number of ether oxygens (including phenoxy) is 1. The van der Waals surface area contributed by atoms with Crippen LogP contribution < -0.4 is 0 Å². The van der Waals surface area contributed by atoms with Crippen LogP contribution in [0.3, 0.4) is 0 Å². The maximum Gasteiger partial charge on any atom is 0.241 e. The van der Waals surface area contributed by atoms with Crippen LogP contribution in [-0.4, -0.2) is 40.8 Å². The van der Waals surface area contributed by atoms with Gasteiger partial charge >= 0.3 is 0 Å². The summed E-state index contributed by atoms with van der Waals surface area (Å²) in [6, 6.07) is -0.218. The number of aromatic nitrogens is 2. The molecule has 0 aromatic carbocycles. The lowest BCUT2D eigenvalue weighted by Gasteiger charge is -2.34. The van der Waals surface area contributed by atoms with Gasteiger partial charge in [0.05, 0.1) is 13.2 Å². The van der Waals surface area contributed by atoms with Gasteiger partial charge in [-0.25, -0.2) is 0 Å². The summed E-state index contributed by atoms with van der Waals surface area (Å²) in [6.45, 7) is 3.44. The van der Waals surface area contributed by atoms with Crippen LogP contribution in [0.4, 0.5) is 0 Å². The molecule has 1 saturated heterocycles. The summed E-state index contributed by atoms with van der Waals surface area (Å²) >= 11 is 0. The van der Waals surface area contributed by atoms with E-state index in [0.29, 0.717) is 37.5 Å². The Kier molecular flexibility index (Phi) is 4.09. The highest BCUT2D eigenvalue weighted by molar-refractivity contribution is 5.82. The molecule has 1 aliphatic heterocycles. The molecule has 4 rings (SSSR count). The van der Waals surface area contributed by atoms with E-state index >= 15 is 0 Å². The molecule has 6 heteroatoms. The van der Waals surface area contributed by atoms with Gasteiger partial charge in [0.2, 0.25) is 17.7 Å². The van der Waals surface area contributed by atoms with Gasteiger partial charge in [-0.3, -0.25) is 4.79 Å². The fourth-order valence-electron chi connectivity index (χ4n) is 4.31. The molecule has 126 valence electrons. The Morgan fingerprint density at radius 3 is 2.78 bits per heavy atom. The molecule has 2 aliphatic carbocycles. The van der Waals surface area contributed by atoms with Gasteiger partial charge in [0.15, 0.2) is 0 Å². The Balaban J connectivity index is 1.44. The molecule has 0 spiro atoms. The summed E-state index contributed by atoms with van der Waals surface area (Å²) in [4.78, 5) is 14.9. The monoisotopic (exact) mass is 319 g/mol. The highest BCUT2D eigenvalue weighted by Crippen LogP contribution is 2.50. The zero-order valence-corrected chi connectivity index (χ0v) is 13.7. The van der Waals surface area contributed by atoms with Crippen molar-refractivity contribution < 1.29 is 13.9 Å². The Labute approximate surface area is 136 Å². The van der Waals surface area contributed by atoms with Crippen LogP contribution in [0.1, 0.15) is 56.3 Å². The number of amides is 1. The standard InChI is InChI=1S/C17H25N3O3/c1-11-18-19-16(23-11)15-10-22-8-7-20(15)17(21)14-9-13(14)12-5-3-2-4-6-12/h12-15H,2-10H2,1H3. The molecule has 2 saturated carbocycles. The topological polar surface area (TPSA) is 68.5 Å². The minimum Gasteiger partial charge on any atom is -0.423 e. The average Bonchev–Trinajstić information content (AvgIpc) is 3.29. The van der Waals surface area contributed by atoms with Crippen molar-refractivity contribution in [2.24, 2.45) is 17.8 Å². The van der Waals surface area contributed by atoms with E-state index in [4.69, 9.17) is 9.15 Å². The zero-order chi connectivity index (χ0) is 15.8. The molecule has 6 nitrogen and oxygen atoms in total. The number of hydrogen-bond acceptors (Lipinski definition) is 5. The smallest absolute Gasteiger partial charge is 0.241 e. The number of rotatable bonds is 3. The predicted molar refractivity (Wildman–Crippen MR) is 82.5 cm³/mol. The van der Waals surface area contributed by atoms with Crippen LogP contribution >= 0.6 is 0 Å². The van der Waals surface area contributed by atoms with Crippen molar-refractivity contribution in [3.8, 4) is 0 Å². The van der Waals surface area contributed by atoms with Crippen molar-refractivity contribution in [2.45, 2.75) is 51.5 Å². The SMILES string of the molecule is Cc1nnc(C2COCCN2C(=O)C2CC2C2CCCCC2)o1. The van der Waals surface area contributed by atoms with E-state index in [2.05, 4.69) is 10.2 Å². The normalized spacial score (nSPS) is 32.0. The van der Waals surface area contributed by atoms with E-state index in [-0.39, 0.29) is 17.9 Å². The summed E-state index contributed by atoms with van der Waals surface area (Å²) in [6.07, 6.45) is 7.72. The average molecular weight is 319 g/mol. The Morgan fingerprint density at radius 2 is 2.04 bits per heavy atom. The maximum atomic E-state index is 13.0. The fraction of sp³-hybridized carbons (Fsp3) is 0.824. The van der Waals surface area contributed by atoms with Gasteiger partial charge in [0.1, 0.15) is 6.04 Å². The lowest BCUT2D eigenvalue weighted by molar-refractivity contribution is -0.143. The van der Waals surface area contributed by atoms with Crippen molar-refractivity contribution in [3.63, 3.8) is 0 Å². The Hall–Kier alpha value is -1.43. The van der Waals surface area contributed by atoms with E-state index in [1.165, 1.54) is 32.1 Å². The Morgan fingerprint density at radius 1 is 1.22 bits per heavy atom. The predicted octanol–water partition coefficient (Wildman–Crippen LogP) is 2.49. The van der Waals surface area contributed by atoms with Crippen molar-refractivity contribution in [2.75, 3.05) is 19.8 Å². The van der Waals surface area contributed by atoms with Gasteiger partial charge in [0.25, 0.3) is 0 Å². The Bertz CT molecular complexity index is 567. The second-order valence-corrected chi connectivity index (χ2v) is 7.19. The van der Waals surface area contributed by atoms with E-state index < -0.39 is 0 Å². The highest BCUT2D eigenvalue weighted by atomic mass is 16.5. The number of morpholine rings is 1. The van der Waals surface area contributed by atoms with Crippen LogP contribution in [0.5, 0.6) is 0 Å². The lowest BCUT2D eigenvalue weighted by Crippen LogP contribution is -2.44. The largest absolute Gasteiger partial charge is 0.423 e. The molecule has 0 radical (unpaired) electrons. The first-order chi connectivity index (χ1) is 11.2. The minimum absolute atomic E-state index is 0.211. The van der Waals surface area contributed by atoms with Crippen LogP contribution in [0.15, 0.2) is 4.42 Å². The molecule has 1 aromatic rings. The molecule has 0 bridgehead atoms. The second kappa shape index (κ2) is 6.23. The number of aryl methyl sites for hydroxylation is 1. The molecule has 23 heavy (non-hydrogen) atoms. The maximum absolute atomic E-state index is 13.0. The number of carbonyl (C=O) groups is 1. The molecule has 1 amide bonds. The van der Waals surface area contributed by atoms with Gasteiger partial charge in [-0.1, -0.05) is 32.1 Å². The van der Waals surface area contributed by atoms with Gasteiger partial charge < -0.3 is 14.1 Å². The first-order valence-corrected chi connectivity index (χ1v) is 8.92. The molecule has 1 aromatic heterocycles. The lowest BCUT2D eigenvalue weighted by atomic mass is 9.85.